The average Bonchev–Trinajstić information content (AvgIpc) is 3.79. The van der Waals surface area contributed by atoms with Crippen LogP contribution in [0.1, 0.15) is 61.3 Å². The van der Waals surface area contributed by atoms with Gasteiger partial charge in [-0.1, -0.05) is 45.0 Å². The number of rotatable bonds is 15. The van der Waals surface area contributed by atoms with Gasteiger partial charge < -0.3 is 35.4 Å². The van der Waals surface area contributed by atoms with Crippen LogP contribution in [0.15, 0.2) is 53.9 Å². The number of aliphatic hydroxyl groups is 2. The van der Waals surface area contributed by atoms with E-state index in [1.54, 1.807) is 30.4 Å². The van der Waals surface area contributed by atoms with E-state index < -0.39 is 24.2 Å². The molecule has 3 aromatic rings. The van der Waals surface area contributed by atoms with Gasteiger partial charge in [-0.3, -0.25) is 14.4 Å². The summed E-state index contributed by atoms with van der Waals surface area (Å²) in [4.78, 5) is 39.8. The number of nitrogens with one attached hydrogen (secondary N) is 2. The van der Waals surface area contributed by atoms with Crippen LogP contribution in [0, 0.1) is 29.1 Å². The van der Waals surface area contributed by atoms with Crippen molar-refractivity contribution in [3.8, 4) is 16.9 Å². The Morgan fingerprint density at radius 2 is 1.87 bits per heavy atom. The summed E-state index contributed by atoms with van der Waals surface area (Å²) in [6, 6.07) is 14.9. The topological polar surface area (TPSA) is 127 Å². The normalized spacial score (nSPS) is 26.9. The minimum absolute atomic E-state index is 0.0380. The summed E-state index contributed by atoms with van der Waals surface area (Å²) in [5.74, 6) is 1.05. The molecule has 1 aromatic heterocycles. The zero-order chi connectivity index (χ0) is 39.8. The van der Waals surface area contributed by atoms with Gasteiger partial charge in [0.15, 0.2) is 0 Å². The number of methoxy groups -OCH3 is 1. The lowest BCUT2D eigenvalue weighted by atomic mass is 9.45. The number of thiophene rings is 1. The second-order valence-electron chi connectivity index (χ2n) is 17.1. The third-order valence-corrected chi connectivity index (χ3v) is 13.5. The molecule has 1 aliphatic heterocycles. The molecule has 0 radical (unpaired) electrons. The summed E-state index contributed by atoms with van der Waals surface area (Å²) >= 11 is 1.69. The van der Waals surface area contributed by atoms with Crippen molar-refractivity contribution in [2.24, 2.45) is 29.1 Å². The predicted molar refractivity (Wildman–Crippen MR) is 218 cm³/mol. The highest BCUT2D eigenvalue weighted by Gasteiger charge is 2.57. The number of nitrogens with zero attached hydrogens (tertiary/aromatic N) is 3. The van der Waals surface area contributed by atoms with Gasteiger partial charge in [-0.15, -0.1) is 11.3 Å². The molecule has 4 fully saturated rings. The number of carbonyl (C=O) groups excluding carboxylic acids is 2. The second kappa shape index (κ2) is 16.9. The van der Waals surface area contributed by atoms with Gasteiger partial charge in [0.1, 0.15) is 17.9 Å². The van der Waals surface area contributed by atoms with Gasteiger partial charge in [0, 0.05) is 72.3 Å². The Hall–Kier alpha value is -3.52. The van der Waals surface area contributed by atoms with E-state index >= 15 is 0 Å². The minimum atomic E-state index is -0.900. The number of amides is 2. The van der Waals surface area contributed by atoms with Gasteiger partial charge in [0.05, 0.1) is 26.4 Å². The molecule has 3 saturated carbocycles. The fraction of sp³-hybridized carbons (Fsp3) is 0.581. The van der Waals surface area contributed by atoms with Crippen LogP contribution in [0.2, 0.25) is 0 Å². The van der Waals surface area contributed by atoms with Crippen LogP contribution in [-0.4, -0.2) is 111 Å². The summed E-state index contributed by atoms with van der Waals surface area (Å²) in [6.07, 6.45) is 1.22. The molecule has 11 nitrogen and oxygen atoms in total. The van der Waals surface area contributed by atoms with Crippen molar-refractivity contribution in [3.63, 3.8) is 0 Å². The predicted octanol–water partition coefficient (Wildman–Crippen LogP) is 5.05. The van der Waals surface area contributed by atoms with Crippen LogP contribution in [-0.2, 0) is 22.6 Å². The maximum atomic E-state index is 14.3. The van der Waals surface area contributed by atoms with E-state index in [4.69, 9.17) is 9.57 Å². The number of hydrogen-bond acceptors (Lipinski definition) is 10. The molecule has 4 aliphatic rings. The van der Waals surface area contributed by atoms with Crippen LogP contribution in [0.5, 0.6) is 5.75 Å². The quantitative estimate of drug-likeness (QED) is 0.168. The largest absolute Gasteiger partial charge is 0.496 e. The van der Waals surface area contributed by atoms with E-state index in [2.05, 4.69) is 47.8 Å². The Balaban J connectivity index is 1.28. The van der Waals surface area contributed by atoms with Gasteiger partial charge >= 0.3 is 0 Å². The van der Waals surface area contributed by atoms with E-state index in [0.29, 0.717) is 35.6 Å². The number of hydrogen-bond donors (Lipinski definition) is 4. The van der Waals surface area contributed by atoms with Crippen LogP contribution in [0.25, 0.3) is 11.1 Å². The summed E-state index contributed by atoms with van der Waals surface area (Å²) in [5.41, 5.74) is 4.02. The molecule has 300 valence electrons. The maximum Gasteiger partial charge on any atom is 0.251 e. The van der Waals surface area contributed by atoms with Crippen molar-refractivity contribution in [2.45, 2.75) is 83.8 Å². The Morgan fingerprint density at radius 1 is 1.11 bits per heavy atom. The molecule has 4 N–H and O–H groups in total. The average molecular weight is 776 g/mol. The summed E-state index contributed by atoms with van der Waals surface area (Å²) in [5, 5.41) is 31.7. The number of benzene rings is 2. The number of likely N-dealkylation sites (N-methyl/N-ethyl adjacent to an activating group) is 1. The highest BCUT2D eigenvalue weighted by Crippen LogP contribution is 2.61. The smallest absolute Gasteiger partial charge is 0.251 e. The SMILES string of the molecule is COc1c(CN2O[C@@H](CO)[C@@H]([C@H](C)O)[C@H]2C(=O)N[C@H]2C[C@H]3C[C@@H]([C@@H]2C)C3(C)C)cccc1-c1cc(C(=O)N[C@@H](Cc2cccs2)CN(C)C)cc(N(C)C)c1. The van der Waals surface area contributed by atoms with Gasteiger partial charge in [-0.2, -0.15) is 5.06 Å². The standard InChI is InChI=1S/C43H61N5O6S/c1-25-35-19-30(43(35,3)4)20-36(25)45-42(52)39-38(26(2)50)37(24-49)54-48(39)22-27-12-10-14-34(40(27)53-9)28-16-29(18-32(17-28)47(7)8)41(51)44-31(23-46(5)6)21-33-13-11-15-55-33/h10-18,25-26,30-31,35-39,49-50H,19-24H2,1-9H3,(H,44,51)(H,45,52)/t25-,26-,30+,31-,35-,36-,37-,38+,39-/m0/s1. The fourth-order valence-corrected chi connectivity index (χ4v) is 10.3. The molecular formula is C43H61N5O6S. The number of hydroxylamine groups is 2. The molecule has 7 rings (SSSR count). The lowest BCUT2D eigenvalue weighted by Gasteiger charge is -2.62. The van der Waals surface area contributed by atoms with E-state index in [0.717, 1.165) is 35.2 Å². The summed E-state index contributed by atoms with van der Waals surface area (Å²) in [7, 11) is 9.53. The first-order valence-electron chi connectivity index (χ1n) is 19.6. The summed E-state index contributed by atoms with van der Waals surface area (Å²) in [6.45, 7) is 9.10. The Labute approximate surface area is 330 Å². The Bertz CT molecular complexity index is 1800. The molecule has 9 atom stereocenters. The minimum Gasteiger partial charge on any atom is -0.496 e. The van der Waals surface area contributed by atoms with Crippen molar-refractivity contribution in [1.29, 1.82) is 0 Å². The number of fused-ring (bicyclic) bond motifs is 2. The summed E-state index contributed by atoms with van der Waals surface area (Å²) < 4.78 is 6.10. The maximum absolute atomic E-state index is 14.3. The molecule has 0 spiro atoms. The highest BCUT2D eigenvalue weighted by atomic mass is 32.1. The fourth-order valence-electron chi connectivity index (χ4n) is 9.53. The lowest BCUT2D eigenvalue weighted by Crippen LogP contribution is -2.62. The lowest BCUT2D eigenvalue weighted by molar-refractivity contribution is -0.183. The van der Waals surface area contributed by atoms with Gasteiger partial charge in [-0.25, -0.2) is 0 Å². The van der Waals surface area contributed by atoms with Crippen molar-refractivity contribution in [1.82, 2.24) is 20.6 Å². The third-order valence-electron chi connectivity index (χ3n) is 12.6. The van der Waals surface area contributed by atoms with Crippen molar-refractivity contribution >= 4 is 28.8 Å². The number of ether oxygens (including phenoxy) is 1. The molecule has 2 bridgehead atoms. The van der Waals surface area contributed by atoms with Crippen LogP contribution in [0.4, 0.5) is 5.69 Å². The second-order valence-corrected chi connectivity index (χ2v) is 18.1. The number of carbonyl (C=O) groups is 2. The van der Waals surface area contributed by atoms with Crippen LogP contribution < -0.4 is 20.3 Å². The molecule has 2 heterocycles. The first-order chi connectivity index (χ1) is 26.1. The van der Waals surface area contributed by atoms with E-state index in [-0.39, 0.29) is 42.5 Å². The van der Waals surface area contributed by atoms with E-state index in [9.17, 15) is 19.8 Å². The Morgan fingerprint density at radius 3 is 2.47 bits per heavy atom. The molecule has 2 amide bonds. The highest BCUT2D eigenvalue weighted by molar-refractivity contribution is 7.09. The van der Waals surface area contributed by atoms with Crippen molar-refractivity contribution in [2.75, 3.05) is 53.4 Å². The van der Waals surface area contributed by atoms with E-state index in [1.807, 2.05) is 75.6 Å². The third kappa shape index (κ3) is 8.60. The van der Waals surface area contributed by atoms with Gasteiger partial charge in [0.2, 0.25) is 5.91 Å². The molecule has 1 saturated heterocycles. The van der Waals surface area contributed by atoms with Crippen LogP contribution in [0.3, 0.4) is 0 Å². The molecule has 0 unspecified atom stereocenters. The van der Waals surface area contributed by atoms with Crippen LogP contribution >= 0.6 is 11.3 Å². The van der Waals surface area contributed by atoms with Crippen molar-refractivity contribution < 1.29 is 29.4 Å². The molecule has 12 heteroatoms. The zero-order valence-electron chi connectivity index (χ0n) is 33.9. The first-order valence-corrected chi connectivity index (χ1v) is 20.5. The molecule has 2 aromatic carbocycles. The molecule has 3 aliphatic carbocycles. The monoisotopic (exact) mass is 775 g/mol. The molecular weight excluding hydrogens is 715 g/mol. The van der Waals surface area contributed by atoms with E-state index in [1.165, 1.54) is 11.3 Å². The number of para-hydroxylation sites is 1. The first kappa shape index (κ1) is 41.1. The number of aliphatic hydroxyl groups excluding tert-OH is 2. The zero-order valence-corrected chi connectivity index (χ0v) is 34.7. The Kier molecular flexibility index (Phi) is 12.6. The molecule has 55 heavy (non-hydrogen) atoms. The van der Waals surface area contributed by atoms with Crippen molar-refractivity contribution in [3.05, 3.63) is 69.9 Å². The number of anilines is 1. The van der Waals surface area contributed by atoms with Gasteiger partial charge in [0.25, 0.3) is 5.91 Å². The van der Waals surface area contributed by atoms with Gasteiger partial charge in [-0.05, 0) is 92.2 Å².